The summed E-state index contributed by atoms with van der Waals surface area (Å²) in [5.74, 6) is 0. The van der Waals surface area contributed by atoms with E-state index in [1.165, 1.54) is 5.56 Å². The maximum absolute atomic E-state index is 4.16. The molecule has 0 aliphatic rings. The normalized spacial score (nSPS) is 10.1. The molecule has 1 aromatic rings. The molecule has 1 rings (SSSR count). The molecule has 0 saturated heterocycles. The zero-order chi connectivity index (χ0) is 6.85. The molecule has 0 bridgehead atoms. The standard InChI is InChI=1S/C7H11N2/c1-4-7-5-9(3)8-6(7)2/h5H,1,4H2,2-3H3. The highest BCUT2D eigenvalue weighted by atomic mass is 15.2. The van der Waals surface area contributed by atoms with Crippen molar-refractivity contribution in [3.8, 4) is 0 Å². The Balaban J connectivity index is 3.01. The van der Waals surface area contributed by atoms with Gasteiger partial charge in [0, 0.05) is 13.2 Å². The molecule has 2 heteroatoms. The fraction of sp³-hybridized carbons (Fsp3) is 0.429. The van der Waals surface area contributed by atoms with Crippen LogP contribution in [0.4, 0.5) is 0 Å². The number of aromatic nitrogens is 2. The third kappa shape index (κ3) is 1.12. The van der Waals surface area contributed by atoms with Crippen LogP contribution in [-0.4, -0.2) is 9.78 Å². The third-order valence-electron chi connectivity index (χ3n) is 1.38. The topological polar surface area (TPSA) is 17.8 Å². The highest BCUT2D eigenvalue weighted by Crippen LogP contribution is 2.03. The van der Waals surface area contributed by atoms with E-state index in [0.717, 1.165) is 12.1 Å². The highest BCUT2D eigenvalue weighted by Gasteiger charge is 1.97. The minimum atomic E-state index is 0.833. The van der Waals surface area contributed by atoms with Gasteiger partial charge in [-0.15, -0.1) is 0 Å². The summed E-state index contributed by atoms with van der Waals surface area (Å²) >= 11 is 0. The monoisotopic (exact) mass is 123 g/mol. The number of hydrogen-bond acceptors (Lipinski definition) is 1. The van der Waals surface area contributed by atoms with E-state index < -0.39 is 0 Å². The summed E-state index contributed by atoms with van der Waals surface area (Å²) in [6.07, 6.45) is 2.84. The number of nitrogens with zero attached hydrogens (tertiary/aromatic N) is 2. The van der Waals surface area contributed by atoms with Crippen molar-refractivity contribution in [3.63, 3.8) is 0 Å². The highest BCUT2D eigenvalue weighted by molar-refractivity contribution is 5.15. The van der Waals surface area contributed by atoms with Gasteiger partial charge in [0.05, 0.1) is 5.69 Å². The Morgan fingerprint density at radius 2 is 2.44 bits per heavy atom. The van der Waals surface area contributed by atoms with E-state index in [-0.39, 0.29) is 0 Å². The van der Waals surface area contributed by atoms with Crippen LogP contribution in [0.2, 0.25) is 0 Å². The first-order valence-electron chi connectivity index (χ1n) is 3.02. The number of rotatable bonds is 1. The van der Waals surface area contributed by atoms with E-state index in [1.54, 1.807) is 0 Å². The lowest BCUT2D eigenvalue weighted by Gasteiger charge is -1.85. The first kappa shape index (κ1) is 6.33. The van der Waals surface area contributed by atoms with Crippen LogP contribution in [0.3, 0.4) is 0 Å². The lowest BCUT2D eigenvalue weighted by atomic mass is 10.2. The fourth-order valence-corrected chi connectivity index (χ4v) is 0.894. The lowest BCUT2D eigenvalue weighted by Crippen LogP contribution is -1.86. The molecule has 49 valence electrons. The first-order chi connectivity index (χ1) is 4.24. The third-order valence-corrected chi connectivity index (χ3v) is 1.38. The maximum atomic E-state index is 4.16. The van der Waals surface area contributed by atoms with Gasteiger partial charge in [0.15, 0.2) is 0 Å². The molecular formula is C7H11N2. The van der Waals surface area contributed by atoms with Crippen molar-refractivity contribution >= 4 is 0 Å². The molecule has 0 fully saturated rings. The molecule has 0 aromatic carbocycles. The zero-order valence-electron chi connectivity index (χ0n) is 5.89. The van der Waals surface area contributed by atoms with Crippen LogP contribution in [0.5, 0.6) is 0 Å². The summed E-state index contributed by atoms with van der Waals surface area (Å²) in [5.41, 5.74) is 2.32. The van der Waals surface area contributed by atoms with Crippen molar-refractivity contribution in [1.82, 2.24) is 9.78 Å². The van der Waals surface area contributed by atoms with Crippen molar-refractivity contribution < 1.29 is 0 Å². The minimum absolute atomic E-state index is 0.833. The lowest BCUT2D eigenvalue weighted by molar-refractivity contribution is 0.756. The van der Waals surface area contributed by atoms with Crippen molar-refractivity contribution in [1.29, 1.82) is 0 Å². The molecule has 0 unspecified atom stereocenters. The van der Waals surface area contributed by atoms with Gasteiger partial charge in [-0.2, -0.15) is 5.10 Å². The minimum Gasteiger partial charge on any atom is -0.275 e. The summed E-state index contributed by atoms with van der Waals surface area (Å²) in [5, 5.41) is 4.16. The van der Waals surface area contributed by atoms with Crippen molar-refractivity contribution in [2.24, 2.45) is 7.05 Å². The Labute approximate surface area is 55.5 Å². The predicted molar refractivity (Wildman–Crippen MR) is 37.0 cm³/mol. The van der Waals surface area contributed by atoms with Gasteiger partial charge in [-0.25, -0.2) is 0 Å². The van der Waals surface area contributed by atoms with E-state index in [0.29, 0.717) is 0 Å². The molecule has 0 amide bonds. The van der Waals surface area contributed by atoms with Gasteiger partial charge in [0.2, 0.25) is 0 Å². The molecule has 9 heavy (non-hydrogen) atoms. The molecule has 1 radical (unpaired) electrons. The Morgan fingerprint density at radius 3 is 2.67 bits per heavy atom. The second-order valence-electron chi connectivity index (χ2n) is 2.16. The van der Waals surface area contributed by atoms with Gasteiger partial charge in [-0.1, -0.05) is 0 Å². The van der Waals surface area contributed by atoms with Gasteiger partial charge >= 0.3 is 0 Å². The number of aryl methyl sites for hydroxylation is 2. The van der Waals surface area contributed by atoms with Crippen molar-refractivity contribution in [2.45, 2.75) is 13.3 Å². The molecule has 0 N–H and O–H groups in total. The van der Waals surface area contributed by atoms with Gasteiger partial charge in [0.25, 0.3) is 0 Å². The Morgan fingerprint density at radius 1 is 1.78 bits per heavy atom. The Bertz CT molecular complexity index is 201. The van der Waals surface area contributed by atoms with Crippen LogP contribution in [0.15, 0.2) is 6.20 Å². The predicted octanol–water partition coefficient (Wildman–Crippen LogP) is 1.11. The van der Waals surface area contributed by atoms with E-state index in [9.17, 15) is 0 Å². The molecule has 0 saturated carbocycles. The summed E-state index contributed by atoms with van der Waals surface area (Å²) in [6.45, 7) is 5.78. The van der Waals surface area contributed by atoms with Gasteiger partial charge < -0.3 is 0 Å². The van der Waals surface area contributed by atoms with Crippen LogP contribution in [0.25, 0.3) is 0 Å². The van der Waals surface area contributed by atoms with Gasteiger partial charge in [-0.3, -0.25) is 4.68 Å². The average Bonchev–Trinajstić information content (AvgIpc) is 2.10. The van der Waals surface area contributed by atoms with E-state index >= 15 is 0 Å². The Kier molecular flexibility index (Phi) is 1.56. The molecule has 0 spiro atoms. The molecule has 0 aliphatic heterocycles. The van der Waals surface area contributed by atoms with Crippen LogP contribution in [0.1, 0.15) is 11.3 Å². The number of hydrogen-bond donors (Lipinski definition) is 0. The summed E-state index contributed by atoms with van der Waals surface area (Å²) in [6, 6.07) is 0. The average molecular weight is 123 g/mol. The van der Waals surface area contributed by atoms with E-state index in [2.05, 4.69) is 12.0 Å². The molecular weight excluding hydrogens is 112 g/mol. The second-order valence-corrected chi connectivity index (χ2v) is 2.16. The largest absolute Gasteiger partial charge is 0.275 e. The van der Waals surface area contributed by atoms with Crippen LogP contribution in [-0.2, 0) is 13.5 Å². The van der Waals surface area contributed by atoms with Gasteiger partial charge in [0.1, 0.15) is 0 Å². The Hall–Kier alpha value is -0.790. The molecule has 2 nitrogen and oxygen atoms in total. The smallest absolute Gasteiger partial charge is 0.0625 e. The second kappa shape index (κ2) is 2.21. The summed E-state index contributed by atoms with van der Waals surface area (Å²) < 4.78 is 1.82. The summed E-state index contributed by atoms with van der Waals surface area (Å²) in [4.78, 5) is 0. The first-order valence-corrected chi connectivity index (χ1v) is 3.02. The van der Waals surface area contributed by atoms with E-state index in [1.807, 2.05) is 24.9 Å². The maximum Gasteiger partial charge on any atom is 0.0625 e. The van der Waals surface area contributed by atoms with Gasteiger partial charge in [-0.05, 0) is 25.8 Å². The molecule has 1 heterocycles. The SMILES string of the molecule is [CH2]Cc1cn(C)nc1C. The van der Waals surface area contributed by atoms with Crippen LogP contribution in [0, 0.1) is 13.8 Å². The molecule has 1 aromatic heterocycles. The van der Waals surface area contributed by atoms with Crippen LogP contribution >= 0.6 is 0 Å². The van der Waals surface area contributed by atoms with E-state index in [4.69, 9.17) is 0 Å². The quantitative estimate of drug-likeness (QED) is 0.547. The van der Waals surface area contributed by atoms with Crippen molar-refractivity contribution in [2.75, 3.05) is 0 Å². The summed E-state index contributed by atoms with van der Waals surface area (Å²) in [7, 11) is 1.92. The van der Waals surface area contributed by atoms with Crippen LogP contribution < -0.4 is 0 Å². The zero-order valence-corrected chi connectivity index (χ0v) is 5.89. The molecule has 0 atom stereocenters. The van der Waals surface area contributed by atoms with Crippen molar-refractivity contribution in [3.05, 3.63) is 24.4 Å². The molecule has 0 aliphatic carbocycles. The fourth-order valence-electron chi connectivity index (χ4n) is 0.894.